The van der Waals surface area contributed by atoms with Gasteiger partial charge in [0.05, 0.1) is 26.4 Å². The fourth-order valence-electron chi connectivity index (χ4n) is 3.76. The predicted molar refractivity (Wildman–Crippen MR) is 108 cm³/mol. The van der Waals surface area contributed by atoms with Crippen molar-refractivity contribution in [2.24, 2.45) is 0 Å². The van der Waals surface area contributed by atoms with E-state index in [1.54, 1.807) is 0 Å². The SMILES string of the molecule is O=C(NCc1ccccc1N1CCOCC1)N1CCO[C@H](c2ccccc2)C1. The van der Waals surface area contributed by atoms with E-state index >= 15 is 0 Å². The molecule has 0 unspecified atom stereocenters. The summed E-state index contributed by atoms with van der Waals surface area (Å²) >= 11 is 0. The van der Waals surface area contributed by atoms with E-state index < -0.39 is 0 Å². The molecule has 6 heteroatoms. The van der Waals surface area contributed by atoms with Gasteiger partial charge in [-0.05, 0) is 17.2 Å². The number of para-hydroxylation sites is 1. The van der Waals surface area contributed by atoms with E-state index in [1.165, 1.54) is 5.69 Å². The summed E-state index contributed by atoms with van der Waals surface area (Å²) in [6.07, 6.45) is -0.0682. The van der Waals surface area contributed by atoms with Crippen LogP contribution in [0.2, 0.25) is 0 Å². The summed E-state index contributed by atoms with van der Waals surface area (Å²) in [6.45, 7) is 5.50. The van der Waals surface area contributed by atoms with E-state index in [2.05, 4.69) is 22.3 Å². The van der Waals surface area contributed by atoms with Crippen LogP contribution < -0.4 is 10.2 Å². The van der Waals surface area contributed by atoms with Gasteiger partial charge in [-0.15, -0.1) is 0 Å². The van der Waals surface area contributed by atoms with Crippen LogP contribution in [0.15, 0.2) is 54.6 Å². The lowest BCUT2D eigenvalue weighted by atomic mass is 10.1. The molecule has 2 aromatic carbocycles. The number of nitrogens with one attached hydrogen (secondary N) is 1. The number of hydrogen-bond donors (Lipinski definition) is 1. The molecular weight excluding hydrogens is 354 g/mol. The number of carbonyl (C=O) groups is 1. The first-order valence-electron chi connectivity index (χ1n) is 9.91. The van der Waals surface area contributed by atoms with E-state index in [9.17, 15) is 4.79 Å². The van der Waals surface area contributed by atoms with Crippen LogP contribution in [0.4, 0.5) is 10.5 Å². The van der Waals surface area contributed by atoms with Crippen molar-refractivity contribution in [2.75, 3.05) is 50.9 Å². The third kappa shape index (κ3) is 4.46. The van der Waals surface area contributed by atoms with Crippen molar-refractivity contribution in [1.29, 1.82) is 0 Å². The van der Waals surface area contributed by atoms with Gasteiger partial charge in [0.25, 0.3) is 0 Å². The highest BCUT2D eigenvalue weighted by Gasteiger charge is 2.25. The number of amides is 2. The van der Waals surface area contributed by atoms with Crippen LogP contribution in [0.3, 0.4) is 0 Å². The summed E-state index contributed by atoms with van der Waals surface area (Å²) in [6, 6.07) is 18.3. The fourth-order valence-corrected chi connectivity index (χ4v) is 3.76. The first-order valence-corrected chi connectivity index (χ1v) is 9.91. The zero-order valence-corrected chi connectivity index (χ0v) is 16.0. The molecule has 0 spiro atoms. The normalized spacial score (nSPS) is 20.1. The first kappa shape index (κ1) is 18.8. The Morgan fingerprint density at radius 3 is 2.54 bits per heavy atom. The molecule has 2 aromatic rings. The quantitative estimate of drug-likeness (QED) is 0.885. The molecule has 2 aliphatic rings. The second-order valence-electron chi connectivity index (χ2n) is 7.10. The number of ether oxygens (including phenoxy) is 2. The maximum Gasteiger partial charge on any atom is 0.317 e. The van der Waals surface area contributed by atoms with Crippen LogP contribution in [0.1, 0.15) is 17.2 Å². The van der Waals surface area contributed by atoms with E-state index in [0.29, 0.717) is 26.2 Å². The fraction of sp³-hybridized carbons (Fsp3) is 0.409. The van der Waals surface area contributed by atoms with Crippen LogP contribution in [-0.4, -0.2) is 56.9 Å². The third-order valence-electron chi connectivity index (χ3n) is 5.30. The summed E-state index contributed by atoms with van der Waals surface area (Å²) in [7, 11) is 0. The van der Waals surface area contributed by atoms with E-state index in [4.69, 9.17) is 9.47 Å². The van der Waals surface area contributed by atoms with E-state index in [-0.39, 0.29) is 12.1 Å². The Morgan fingerprint density at radius 2 is 1.71 bits per heavy atom. The Labute approximate surface area is 166 Å². The maximum atomic E-state index is 12.8. The number of benzene rings is 2. The molecule has 4 rings (SSSR count). The Bertz CT molecular complexity index is 778. The van der Waals surface area contributed by atoms with Gasteiger partial charge in [0, 0.05) is 31.9 Å². The van der Waals surface area contributed by atoms with E-state index in [1.807, 2.05) is 47.4 Å². The van der Waals surface area contributed by atoms with Crippen molar-refractivity contribution in [1.82, 2.24) is 10.2 Å². The molecule has 2 amide bonds. The minimum atomic E-state index is -0.0682. The predicted octanol–water partition coefficient (Wildman–Crippen LogP) is 2.81. The largest absolute Gasteiger partial charge is 0.378 e. The molecule has 28 heavy (non-hydrogen) atoms. The molecule has 2 heterocycles. The second-order valence-corrected chi connectivity index (χ2v) is 7.10. The zero-order valence-electron chi connectivity index (χ0n) is 16.0. The minimum Gasteiger partial charge on any atom is -0.378 e. The highest BCUT2D eigenvalue weighted by molar-refractivity contribution is 5.74. The number of rotatable bonds is 4. The van der Waals surface area contributed by atoms with Gasteiger partial charge in [-0.2, -0.15) is 0 Å². The van der Waals surface area contributed by atoms with Gasteiger partial charge in [-0.25, -0.2) is 4.79 Å². The molecule has 0 bridgehead atoms. The number of carbonyl (C=O) groups excluding carboxylic acids is 1. The third-order valence-corrected chi connectivity index (χ3v) is 5.30. The molecule has 1 N–H and O–H groups in total. The van der Waals surface area contributed by atoms with Crippen molar-refractivity contribution in [3.05, 3.63) is 65.7 Å². The molecular formula is C22H27N3O3. The number of morpholine rings is 2. The number of urea groups is 1. The van der Waals surface area contributed by atoms with Crippen LogP contribution in [0, 0.1) is 0 Å². The second kappa shape index (κ2) is 9.08. The zero-order chi connectivity index (χ0) is 19.2. The van der Waals surface area contributed by atoms with Crippen molar-refractivity contribution >= 4 is 11.7 Å². The topological polar surface area (TPSA) is 54.0 Å². The first-order chi connectivity index (χ1) is 13.8. The lowest BCUT2D eigenvalue weighted by molar-refractivity contribution is -0.0154. The van der Waals surface area contributed by atoms with Gasteiger partial charge in [0.15, 0.2) is 0 Å². The molecule has 6 nitrogen and oxygen atoms in total. The average Bonchev–Trinajstić information content (AvgIpc) is 2.79. The number of hydrogen-bond acceptors (Lipinski definition) is 4. The average molecular weight is 381 g/mol. The minimum absolute atomic E-state index is 0.0407. The van der Waals surface area contributed by atoms with Gasteiger partial charge in [-0.3, -0.25) is 0 Å². The van der Waals surface area contributed by atoms with Gasteiger partial charge in [-0.1, -0.05) is 48.5 Å². The van der Waals surface area contributed by atoms with Gasteiger partial charge < -0.3 is 24.6 Å². The highest BCUT2D eigenvalue weighted by Crippen LogP contribution is 2.23. The van der Waals surface area contributed by atoms with Crippen LogP contribution in [-0.2, 0) is 16.0 Å². The lowest BCUT2D eigenvalue weighted by Gasteiger charge is -2.33. The Balaban J connectivity index is 1.37. The molecule has 148 valence electrons. The van der Waals surface area contributed by atoms with Crippen molar-refractivity contribution < 1.29 is 14.3 Å². The molecule has 2 aliphatic heterocycles. The summed E-state index contributed by atoms with van der Waals surface area (Å²) in [5.74, 6) is 0. The summed E-state index contributed by atoms with van der Waals surface area (Å²) < 4.78 is 11.3. The molecule has 1 atom stereocenters. The van der Waals surface area contributed by atoms with Crippen LogP contribution in [0.25, 0.3) is 0 Å². The lowest BCUT2D eigenvalue weighted by Crippen LogP contribution is -2.47. The molecule has 0 saturated carbocycles. The molecule has 0 aliphatic carbocycles. The molecule has 0 aromatic heterocycles. The standard InChI is InChI=1S/C22H27N3O3/c26-22(25-12-15-28-21(17-25)18-6-2-1-3-7-18)23-16-19-8-4-5-9-20(19)24-10-13-27-14-11-24/h1-9,21H,10-17H2,(H,23,26)/t21-/m0/s1. The smallest absolute Gasteiger partial charge is 0.317 e. The maximum absolute atomic E-state index is 12.8. The van der Waals surface area contributed by atoms with Gasteiger partial charge in [0.2, 0.25) is 0 Å². The molecule has 2 fully saturated rings. The van der Waals surface area contributed by atoms with Gasteiger partial charge in [0.1, 0.15) is 6.10 Å². The van der Waals surface area contributed by atoms with Crippen LogP contribution in [0.5, 0.6) is 0 Å². The number of anilines is 1. The molecule has 0 radical (unpaired) electrons. The summed E-state index contributed by atoms with van der Waals surface area (Å²) in [4.78, 5) is 16.9. The number of nitrogens with zero attached hydrogens (tertiary/aromatic N) is 2. The highest BCUT2D eigenvalue weighted by atomic mass is 16.5. The molecule has 2 saturated heterocycles. The van der Waals surface area contributed by atoms with Gasteiger partial charge >= 0.3 is 6.03 Å². The van der Waals surface area contributed by atoms with Crippen LogP contribution >= 0.6 is 0 Å². The van der Waals surface area contributed by atoms with Crippen molar-refractivity contribution in [3.8, 4) is 0 Å². The Morgan fingerprint density at radius 1 is 0.964 bits per heavy atom. The summed E-state index contributed by atoms with van der Waals surface area (Å²) in [5, 5.41) is 3.09. The Kier molecular flexibility index (Phi) is 6.09. The monoisotopic (exact) mass is 381 g/mol. The van der Waals surface area contributed by atoms with Crippen molar-refractivity contribution in [3.63, 3.8) is 0 Å². The van der Waals surface area contributed by atoms with Crippen molar-refractivity contribution in [2.45, 2.75) is 12.6 Å². The summed E-state index contributed by atoms with van der Waals surface area (Å²) in [5.41, 5.74) is 3.42. The Hall–Kier alpha value is -2.57. The van der Waals surface area contributed by atoms with E-state index in [0.717, 1.165) is 37.4 Å².